The molecule has 0 bridgehead atoms. The Kier molecular flexibility index (Phi) is 3.16. The van der Waals surface area contributed by atoms with Crippen LogP contribution in [-0.2, 0) is 0 Å². The van der Waals surface area contributed by atoms with Crippen LogP contribution in [0, 0.1) is 0 Å². The fraction of sp³-hybridized carbons (Fsp3) is 0.273. The first-order valence-electron chi connectivity index (χ1n) is 5.63. The van der Waals surface area contributed by atoms with E-state index in [0.717, 1.165) is 12.8 Å². The lowest BCUT2D eigenvalue weighted by Crippen LogP contribution is -2.01. The number of aromatic nitrogens is 4. The van der Waals surface area contributed by atoms with Crippen LogP contribution < -0.4 is 0 Å². The summed E-state index contributed by atoms with van der Waals surface area (Å²) in [5.74, 6) is -1.02. The number of aromatic carboxylic acids is 1. The molecule has 2 aromatic rings. The lowest BCUT2D eigenvalue weighted by molar-refractivity contribution is 0.0693. The molecule has 0 amide bonds. The number of benzene rings is 1. The second kappa shape index (κ2) is 4.82. The van der Waals surface area contributed by atoms with Gasteiger partial charge in [0.25, 0.3) is 0 Å². The molecule has 0 atom stereocenters. The zero-order valence-electron chi connectivity index (χ0n) is 9.65. The topological polar surface area (TPSA) is 80.9 Å². The Hall–Kier alpha value is -1.60. The molecule has 1 saturated carbocycles. The van der Waals surface area contributed by atoms with E-state index < -0.39 is 5.97 Å². The number of halogens is 1. The van der Waals surface area contributed by atoms with Crippen molar-refractivity contribution in [3.05, 3.63) is 28.8 Å². The first-order valence-corrected chi connectivity index (χ1v) is 6.83. The molecular weight excluding hydrogens is 288 g/mol. The molecule has 1 aromatic carbocycles. The fourth-order valence-corrected chi connectivity index (χ4v) is 2.78. The van der Waals surface area contributed by atoms with E-state index in [-0.39, 0.29) is 5.56 Å². The van der Waals surface area contributed by atoms with Gasteiger partial charge in [0.05, 0.1) is 11.6 Å². The molecule has 1 aliphatic carbocycles. The number of rotatable bonds is 4. The standard InChI is InChI=1S/C11H9ClN4O2S/c12-6-1-4-9(8(5-6)10(17)18)19-11-13-14-15-16(11)7-2-3-7/h1,4-5,7H,2-3H2,(H,17,18). The Morgan fingerprint density at radius 1 is 1.47 bits per heavy atom. The predicted molar refractivity (Wildman–Crippen MR) is 68.6 cm³/mol. The van der Waals surface area contributed by atoms with Crippen molar-refractivity contribution in [1.82, 2.24) is 20.2 Å². The summed E-state index contributed by atoms with van der Waals surface area (Å²) in [6.45, 7) is 0. The lowest BCUT2D eigenvalue weighted by Gasteiger charge is -2.06. The molecular formula is C11H9ClN4O2S. The quantitative estimate of drug-likeness (QED) is 0.933. The van der Waals surface area contributed by atoms with Crippen LogP contribution in [0.15, 0.2) is 28.3 Å². The molecule has 1 aliphatic rings. The number of carbonyl (C=O) groups is 1. The Bertz CT molecular complexity index is 641. The maximum atomic E-state index is 11.2. The lowest BCUT2D eigenvalue weighted by atomic mass is 10.2. The van der Waals surface area contributed by atoms with Gasteiger partial charge in [0.2, 0.25) is 5.16 Å². The molecule has 98 valence electrons. The minimum Gasteiger partial charge on any atom is -0.478 e. The third-order valence-electron chi connectivity index (χ3n) is 2.73. The largest absolute Gasteiger partial charge is 0.478 e. The second-order valence-corrected chi connectivity index (χ2v) is 5.63. The van der Waals surface area contributed by atoms with Gasteiger partial charge in [-0.3, -0.25) is 0 Å². The van der Waals surface area contributed by atoms with Crippen LogP contribution in [0.25, 0.3) is 0 Å². The number of hydrogen-bond donors (Lipinski definition) is 1. The Labute approximate surface area is 117 Å². The zero-order valence-corrected chi connectivity index (χ0v) is 11.2. The van der Waals surface area contributed by atoms with E-state index in [1.807, 2.05) is 0 Å². The summed E-state index contributed by atoms with van der Waals surface area (Å²) in [6, 6.07) is 5.10. The minimum absolute atomic E-state index is 0.155. The number of carboxylic acids is 1. The van der Waals surface area contributed by atoms with Gasteiger partial charge in [0.15, 0.2) is 0 Å². The molecule has 0 aliphatic heterocycles. The molecule has 1 heterocycles. The van der Waals surface area contributed by atoms with Crippen molar-refractivity contribution in [3.8, 4) is 0 Å². The van der Waals surface area contributed by atoms with Gasteiger partial charge in [-0.2, -0.15) is 0 Å². The third kappa shape index (κ3) is 2.57. The van der Waals surface area contributed by atoms with Crippen LogP contribution >= 0.6 is 23.4 Å². The van der Waals surface area contributed by atoms with Crippen LogP contribution in [0.5, 0.6) is 0 Å². The van der Waals surface area contributed by atoms with Crippen molar-refractivity contribution in [1.29, 1.82) is 0 Å². The summed E-state index contributed by atoms with van der Waals surface area (Å²) in [5, 5.41) is 21.7. The van der Waals surface area contributed by atoms with E-state index in [0.29, 0.717) is 21.1 Å². The molecule has 1 N–H and O–H groups in total. The van der Waals surface area contributed by atoms with Gasteiger partial charge in [-0.1, -0.05) is 11.6 Å². The van der Waals surface area contributed by atoms with Crippen LogP contribution in [0.4, 0.5) is 0 Å². The van der Waals surface area contributed by atoms with E-state index in [4.69, 9.17) is 11.6 Å². The van der Waals surface area contributed by atoms with Gasteiger partial charge in [0.1, 0.15) is 0 Å². The van der Waals surface area contributed by atoms with Crippen molar-refractivity contribution in [2.45, 2.75) is 28.9 Å². The van der Waals surface area contributed by atoms with Crippen LogP contribution in [0.1, 0.15) is 29.2 Å². The van der Waals surface area contributed by atoms with Crippen molar-refractivity contribution in [2.75, 3.05) is 0 Å². The van der Waals surface area contributed by atoms with Crippen molar-refractivity contribution in [3.63, 3.8) is 0 Å². The Morgan fingerprint density at radius 3 is 2.95 bits per heavy atom. The van der Waals surface area contributed by atoms with Gasteiger partial charge >= 0.3 is 5.97 Å². The van der Waals surface area contributed by atoms with E-state index in [9.17, 15) is 9.90 Å². The second-order valence-electron chi connectivity index (χ2n) is 4.18. The van der Waals surface area contributed by atoms with Gasteiger partial charge in [-0.25, -0.2) is 9.48 Å². The maximum Gasteiger partial charge on any atom is 0.336 e. The van der Waals surface area contributed by atoms with E-state index in [1.54, 1.807) is 16.8 Å². The average Bonchev–Trinajstić information content (AvgIpc) is 3.12. The number of hydrogen-bond acceptors (Lipinski definition) is 5. The summed E-state index contributed by atoms with van der Waals surface area (Å²) in [6.07, 6.45) is 2.12. The number of carboxylic acid groups (broad SMARTS) is 1. The van der Waals surface area contributed by atoms with Crippen LogP contribution in [-0.4, -0.2) is 31.3 Å². The Balaban J connectivity index is 1.94. The SMILES string of the molecule is O=C(O)c1cc(Cl)ccc1Sc1nnnn1C1CC1. The first kappa shape index (κ1) is 12.4. The molecule has 6 nitrogen and oxygen atoms in total. The molecule has 1 aromatic heterocycles. The molecule has 0 saturated heterocycles. The van der Waals surface area contributed by atoms with Gasteiger partial charge in [-0.05, 0) is 53.2 Å². The van der Waals surface area contributed by atoms with Gasteiger partial charge < -0.3 is 5.11 Å². The van der Waals surface area contributed by atoms with E-state index >= 15 is 0 Å². The fourth-order valence-electron chi connectivity index (χ4n) is 1.66. The zero-order chi connectivity index (χ0) is 13.4. The molecule has 0 radical (unpaired) electrons. The number of nitrogens with zero attached hydrogens (tertiary/aromatic N) is 4. The summed E-state index contributed by atoms with van der Waals surface area (Å²) in [5.41, 5.74) is 0.155. The molecule has 19 heavy (non-hydrogen) atoms. The summed E-state index contributed by atoms with van der Waals surface area (Å²) >= 11 is 7.06. The first-order chi connectivity index (χ1) is 9.15. The number of tetrazole rings is 1. The smallest absolute Gasteiger partial charge is 0.336 e. The highest BCUT2D eigenvalue weighted by molar-refractivity contribution is 7.99. The van der Waals surface area contributed by atoms with Gasteiger partial charge in [0, 0.05) is 9.92 Å². The predicted octanol–water partition coefficient (Wildman–Crippen LogP) is 2.51. The van der Waals surface area contributed by atoms with Crippen molar-refractivity contribution < 1.29 is 9.90 Å². The molecule has 0 unspecified atom stereocenters. The molecule has 8 heteroatoms. The van der Waals surface area contributed by atoms with Crippen molar-refractivity contribution >= 4 is 29.3 Å². The molecule has 0 spiro atoms. The third-order valence-corrected chi connectivity index (χ3v) is 3.99. The molecule has 1 fully saturated rings. The summed E-state index contributed by atoms with van der Waals surface area (Å²) in [7, 11) is 0. The highest BCUT2D eigenvalue weighted by Crippen LogP contribution is 2.38. The van der Waals surface area contributed by atoms with E-state index in [2.05, 4.69) is 15.5 Å². The average molecular weight is 297 g/mol. The summed E-state index contributed by atoms with van der Waals surface area (Å²) < 4.78 is 1.74. The Morgan fingerprint density at radius 2 is 2.26 bits per heavy atom. The maximum absolute atomic E-state index is 11.2. The van der Waals surface area contributed by atoms with Gasteiger partial charge in [-0.15, -0.1) is 5.10 Å². The molecule has 3 rings (SSSR count). The normalized spacial score (nSPS) is 14.6. The highest BCUT2D eigenvalue weighted by atomic mass is 35.5. The monoisotopic (exact) mass is 296 g/mol. The summed E-state index contributed by atoms with van der Waals surface area (Å²) in [4.78, 5) is 11.8. The minimum atomic E-state index is -1.02. The van der Waals surface area contributed by atoms with Crippen molar-refractivity contribution in [2.24, 2.45) is 0 Å². The van der Waals surface area contributed by atoms with E-state index in [1.165, 1.54) is 17.8 Å². The van der Waals surface area contributed by atoms with Crippen LogP contribution in [0.2, 0.25) is 5.02 Å². The highest BCUT2D eigenvalue weighted by Gasteiger charge is 2.28. The van der Waals surface area contributed by atoms with Crippen LogP contribution in [0.3, 0.4) is 0 Å².